The van der Waals surface area contributed by atoms with Gasteiger partial charge in [0.2, 0.25) is 0 Å². The third-order valence-electron chi connectivity index (χ3n) is 3.90. The number of carbonyl (C=O) groups excluding carboxylic acids is 1. The Morgan fingerprint density at radius 1 is 1.32 bits per heavy atom. The largest absolute Gasteiger partial charge is 0.445 e. The van der Waals surface area contributed by atoms with Crippen molar-refractivity contribution in [1.82, 2.24) is 10.2 Å². The van der Waals surface area contributed by atoms with Gasteiger partial charge in [0.1, 0.15) is 6.61 Å². The second kappa shape index (κ2) is 9.20. The van der Waals surface area contributed by atoms with Crippen LogP contribution in [-0.4, -0.2) is 43.3 Å². The lowest BCUT2D eigenvalue weighted by molar-refractivity contribution is -0.0271. The second-order valence-corrected chi connectivity index (χ2v) is 7.62. The third kappa shape index (κ3) is 5.71. The molecule has 2 heterocycles. The number of hydrogen-bond acceptors (Lipinski definition) is 5. The van der Waals surface area contributed by atoms with Gasteiger partial charge >= 0.3 is 6.09 Å². The van der Waals surface area contributed by atoms with Crippen molar-refractivity contribution in [2.24, 2.45) is 0 Å². The van der Waals surface area contributed by atoms with Gasteiger partial charge in [-0.05, 0) is 17.7 Å². The average Bonchev–Trinajstić information content (AvgIpc) is 3.06. The number of nitrogens with zero attached hydrogens (tertiary/aromatic N) is 1. The SMILES string of the molecule is O=C(OCc1ccccc1)N1CCOC(CNCc2ccc(Cl)s2)C1. The summed E-state index contributed by atoms with van der Waals surface area (Å²) in [6, 6.07) is 13.6. The van der Waals surface area contributed by atoms with Crippen molar-refractivity contribution in [2.45, 2.75) is 19.3 Å². The van der Waals surface area contributed by atoms with E-state index in [0.717, 1.165) is 16.4 Å². The van der Waals surface area contributed by atoms with E-state index >= 15 is 0 Å². The first-order chi connectivity index (χ1) is 12.2. The van der Waals surface area contributed by atoms with E-state index in [1.54, 1.807) is 16.2 Å². The van der Waals surface area contributed by atoms with Gasteiger partial charge in [-0.1, -0.05) is 41.9 Å². The third-order valence-corrected chi connectivity index (χ3v) is 5.13. The monoisotopic (exact) mass is 380 g/mol. The Bertz CT molecular complexity index is 680. The molecule has 134 valence electrons. The number of nitrogens with one attached hydrogen (secondary N) is 1. The number of hydrogen-bond donors (Lipinski definition) is 1. The zero-order valence-corrected chi connectivity index (χ0v) is 15.4. The van der Waals surface area contributed by atoms with Crippen LogP contribution in [0.3, 0.4) is 0 Å². The fourth-order valence-corrected chi connectivity index (χ4v) is 3.68. The van der Waals surface area contributed by atoms with Gasteiger partial charge in [-0.3, -0.25) is 0 Å². The molecule has 0 radical (unpaired) electrons. The lowest BCUT2D eigenvalue weighted by atomic mass is 10.2. The summed E-state index contributed by atoms with van der Waals surface area (Å²) in [4.78, 5) is 15.1. The lowest BCUT2D eigenvalue weighted by Gasteiger charge is -2.32. The van der Waals surface area contributed by atoms with Gasteiger partial charge in [0.05, 0.1) is 23.6 Å². The van der Waals surface area contributed by atoms with Crippen molar-refractivity contribution in [3.05, 3.63) is 57.2 Å². The van der Waals surface area contributed by atoms with E-state index in [1.807, 2.05) is 42.5 Å². The molecule has 1 aromatic carbocycles. The molecule has 3 rings (SSSR count). The number of amides is 1. The fourth-order valence-electron chi connectivity index (χ4n) is 2.62. The molecule has 1 aliphatic heterocycles. The van der Waals surface area contributed by atoms with E-state index in [9.17, 15) is 4.79 Å². The Labute approximate surface area is 156 Å². The zero-order chi connectivity index (χ0) is 17.5. The molecule has 1 fully saturated rings. The van der Waals surface area contributed by atoms with Crippen LogP contribution in [0.1, 0.15) is 10.4 Å². The molecule has 0 saturated carbocycles. The van der Waals surface area contributed by atoms with Gasteiger partial charge in [0.15, 0.2) is 0 Å². The molecule has 1 aromatic heterocycles. The smallest absolute Gasteiger partial charge is 0.410 e. The van der Waals surface area contributed by atoms with Crippen LogP contribution in [0.5, 0.6) is 0 Å². The minimum absolute atomic E-state index is 0.0338. The quantitative estimate of drug-likeness (QED) is 0.832. The van der Waals surface area contributed by atoms with Gasteiger partial charge in [-0.25, -0.2) is 4.79 Å². The van der Waals surface area contributed by atoms with Crippen molar-refractivity contribution < 1.29 is 14.3 Å². The van der Waals surface area contributed by atoms with Gasteiger partial charge in [-0.2, -0.15) is 0 Å². The van der Waals surface area contributed by atoms with E-state index in [4.69, 9.17) is 21.1 Å². The zero-order valence-electron chi connectivity index (χ0n) is 13.8. The molecule has 0 bridgehead atoms. The summed E-state index contributed by atoms with van der Waals surface area (Å²) < 4.78 is 11.9. The predicted octanol–water partition coefficient (Wildman–Crippen LogP) is 3.53. The number of rotatable bonds is 6. The van der Waals surface area contributed by atoms with Crippen molar-refractivity contribution in [3.8, 4) is 0 Å². The predicted molar refractivity (Wildman–Crippen MR) is 99.0 cm³/mol. The molecule has 2 aromatic rings. The fraction of sp³-hybridized carbons (Fsp3) is 0.389. The van der Waals surface area contributed by atoms with Crippen molar-refractivity contribution in [1.29, 1.82) is 0 Å². The van der Waals surface area contributed by atoms with E-state index in [2.05, 4.69) is 5.32 Å². The highest BCUT2D eigenvalue weighted by atomic mass is 35.5. The molecule has 1 aliphatic rings. The first-order valence-corrected chi connectivity index (χ1v) is 9.42. The molecule has 1 unspecified atom stereocenters. The van der Waals surface area contributed by atoms with Crippen LogP contribution in [0.25, 0.3) is 0 Å². The highest BCUT2D eigenvalue weighted by Crippen LogP contribution is 2.21. The van der Waals surface area contributed by atoms with Gasteiger partial charge in [-0.15, -0.1) is 11.3 Å². The summed E-state index contributed by atoms with van der Waals surface area (Å²) in [6.07, 6.45) is -0.323. The molecule has 1 atom stereocenters. The summed E-state index contributed by atoms with van der Waals surface area (Å²) in [5, 5.41) is 3.35. The number of morpholine rings is 1. The van der Waals surface area contributed by atoms with Crippen LogP contribution in [0.15, 0.2) is 42.5 Å². The van der Waals surface area contributed by atoms with Crippen LogP contribution in [0.2, 0.25) is 4.34 Å². The molecule has 7 heteroatoms. The first kappa shape index (κ1) is 18.2. The van der Waals surface area contributed by atoms with Crippen LogP contribution < -0.4 is 5.32 Å². The van der Waals surface area contributed by atoms with E-state index in [-0.39, 0.29) is 12.2 Å². The lowest BCUT2D eigenvalue weighted by Crippen LogP contribution is -2.49. The number of benzene rings is 1. The maximum absolute atomic E-state index is 12.2. The Balaban J connectivity index is 1.40. The maximum Gasteiger partial charge on any atom is 0.410 e. The first-order valence-electron chi connectivity index (χ1n) is 8.23. The number of ether oxygens (including phenoxy) is 2. The molecule has 0 aliphatic carbocycles. The normalized spacial score (nSPS) is 17.5. The Morgan fingerprint density at radius 3 is 2.92 bits per heavy atom. The Kier molecular flexibility index (Phi) is 6.69. The summed E-state index contributed by atoms with van der Waals surface area (Å²) in [6.45, 7) is 3.33. The topological polar surface area (TPSA) is 50.8 Å². The summed E-state index contributed by atoms with van der Waals surface area (Å²) in [7, 11) is 0. The van der Waals surface area contributed by atoms with Crippen molar-refractivity contribution in [3.63, 3.8) is 0 Å². The summed E-state index contributed by atoms with van der Waals surface area (Å²) in [5.74, 6) is 0. The molecular formula is C18H21ClN2O3S. The standard InChI is InChI=1S/C18H21ClN2O3S/c19-17-7-6-16(25-17)11-20-10-15-12-21(8-9-23-15)18(22)24-13-14-4-2-1-3-5-14/h1-7,15,20H,8-13H2. The van der Waals surface area contributed by atoms with Gasteiger partial charge < -0.3 is 19.7 Å². The molecule has 0 spiro atoms. The van der Waals surface area contributed by atoms with Crippen molar-refractivity contribution >= 4 is 29.0 Å². The highest BCUT2D eigenvalue weighted by molar-refractivity contribution is 7.16. The molecule has 5 nitrogen and oxygen atoms in total. The van der Waals surface area contributed by atoms with Gasteiger partial charge in [0, 0.05) is 24.5 Å². The Hall–Kier alpha value is -1.60. The molecule has 1 N–H and O–H groups in total. The molecule has 1 amide bonds. The number of carbonyl (C=O) groups is 1. The maximum atomic E-state index is 12.2. The summed E-state index contributed by atoms with van der Waals surface area (Å²) in [5.41, 5.74) is 0.983. The summed E-state index contributed by atoms with van der Waals surface area (Å²) >= 11 is 7.49. The van der Waals surface area contributed by atoms with Crippen LogP contribution in [-0.2, 0) is 22.6 Å². The minimum Gasteiger partial charge on any atom is -0.445 e. The van der Waals surface area contributed by atoms with Crippen LogP contribution in [0.4, 0.5) is 4.79 Å². The van der Waals surface area contributed by atoms with Crippen molar-refractivity contribution in [2.75, 3.05) is 26.2 Å². The molecule has 1 saturated heterocycles. The second-order valence-electron chi connectivity index (χ2n) is 5.82. The number of thiophene rings is 1. The van der Waals surface area contributed by atoms with Gasteiger partial charge in [0.25, 0.3) is 0 Å². The van der Waals surface area contributed by atoms with E-state index in [0.29, 0.717) is 32.8 Å². The van der Waals surface area contributed by atoms with Crippen LogP contribution >= 0.6 is 22.9 Å². The highest BCUT2D eigenvalue weighted by Gasteiger charge is 2.25. The Morgan fingerprint density at radius 2 is 2.16 bits per heavy atom. The van der Waals surface area contributed by atoms with E-state index in [1.165, 1.54) is 4.88 Å². The molecular weight excluding hydrogens is 360 g/mol. The van der Waals surface area contributed by atoms with Crippen LogP contribution in [0, 0.1) is 0 Å². The van der Waals surface area contributed by atoms with E-state index < -0.39 is 0 Å². The minimum atomic E-state index is -0.290. The molecule has 25 heavy (non-hydrogen) atoms. The average molecular weight is 381 g/mol. The number of halogens is 1.